The number of carbonyl (C=O) groups excluding carboxylic acids is 1. The SMILES string of the molecule is Cc1cccc(NC(=O)COc2ccc(C3C(C#N)=C(N)Oc4n[nH]c(C)c43)cc2)c1. The van der Waals surface area contributed by atoms with Gasteiger partial charge in [-0.05, 0) is 49.2 Å². The third-order valence-electron chi connectivity index (χ3n) is 5.01. The molecular weight excluding hydrogens is 394 g/mol. The number of amides is 1. The molecule has 156 valence electrons. The fourth-order valence-corrected chi connectivity index (χ4v) is 3.56. The van der Waals surface area contributed by atoms with E-state index in [4.69, 9.17) is 15.2 Å². The highest BCUT2D eigenvalue weighted by atomic mass is 16.5. The number of aromatic amines is 1. The summed E-state index contributed by atoms with van der Waals surface area (Å²) in [7, 11) is 0. The van der Waals surface area contributed by atoms with Crippen LogP contribution >= 0.6 is 0 Å². The van der Waals surface area contributed by atoms with Crippen molar-refractivity contribution in [3.05, 3.63) is 82.4 Å². The second-order valence-electron chi connectivity index (χ2n) is 7.27. The zero-order valence-electron chi connectivity index (χ0n) is 17.1. The average Bonchev–Trinajstić information content (AvgIpc) is 3.12. The highest BCUT2D eigenvalue weighted by Crippen LogP contribution is 2.42. The minimum absolute atomic E-state index is 0.0413. The number of nitriles is 1. The molecule has 1 atom stereocenters. The fraction of sp³-hybridized carbons (Fsp3) is 0.174. The predicted molar refractivity (Wildman–Crippen MR) is 114 cm³/mol. The van der Waals surface area contributed by atoms with Gasteiger partial charge in [-0.15, -0.1) is 5.10 Å². The van der Waals surface area contributed by atoms with E-state index in [2.05, 4.69) is 21.6 Å². The van der Waals surface area contributed by atoms with Crippen LogP contribution in [0.15, 0.2) is 60.0 Å². The summed E-state index contributed by atoms with van der Waals surface area (Å²) in [5, 5.41) is 19.4. The first kappa shape index (κ1) is 20.0. The van der Waals surface area contributed by atoms with Crippen LogP contribution in [0.1, 0.15) is 28.3 Å². The molecule has 0 aliphatic carbocycles. The maximum Gasteiger partial charge on any atom is 0.262 e. The predicted octanol–water partition coefficient (Wildman–Crippen LogP) is 3.26. The Kier molecular flexibility index (Phi) is 5.33. The van der Waals surface area contributed by atoms with Crippen LogP contribution in [0.4, 0.5) is 5.69 Å². The largest absolute Gasteiger partial charge is 0.484 e. The zero-order chi connectivity index (χ0) is 22.0. The van der Waals surface area contributed by atoms with Gasteiger partial charge in [0.15, 0.2) is 6.61 Å². The molecule has 1 aliphatic rings. The molecule has 4 rings (SSSR count). The smallest absolute Gasteiger partial charge is 0.262 e. The highest BCUT2D eigenvalue weighted by molar-refractivity contribution is 5.91. The molecule has 0 saturated carbocycles. The Balaban J connectivity index is 1.48. The minimum Gasteiger partial charge on any atom is -0.484 e. The van der Waals surface area contributed by atoms with Crippen molar-refractivity contribution in [2.45, 2.75) is 19.8 Å². The first-order chi connectivity index (χ1) is 15.0. The number of H-pyrrole nitrogens is 1. The van der Waals surface area contributed by atoms with Crippen molar-refractivity contribution in [2.24, 2.45) is 5.73 Å². The van der Waals surface area contributed by atoms with Crippen LogP contribution in [-0.2, 0) is 4.79 Å². The molecular formula is C23H21N5O3. The fourth-order valence-electron chi connectivity index (χ4n) is 3.56. The van der Waals surface area contributed by atoms with Crippen LogP contribution in [0, 0.1) is 25.2 Å². The van der Waals surface area contributed by atoms with E-state index < -0.39 is 5.92 Å². The Labute approximate surface area is 179 Å². The summed E-state index contributed by atoms with van der Waals surface area (Å²) < 4.78 is 11.1. The monoisotopic (exact) mass is 415 g/mol. The number of hydrogen-bond donors (Lipinski definition) is 3. The lowest BCUT2D eigenvalue weighted by atomic mass is 9.84. The van der Waals surface area contributed by atoms with Gasteiger partial charge in [0, 0.05) is 16.9 Å². The molecule has 1 amide bonds. The van der Waals surface area contributed by atoms with E-state index in [1.165, 1.54) is 0 Å². The zero-order valence-corrected chi connectivity index (χ0v) is 17.1. The van der Waals surface area contributed by atoms with Gasteiger partial charge in [-0.1, -0.05) is 24.3 Å². The molecule has 8 nitrogen and oxygen atoms in total. The Morgan fingerprint density at radius 2 is 2.06 bits per heavy atom. The molecule has 1 unspecified atom stereocenters. The molecule has 1 aliphatic heterocycles. The molecule has 1 aromatic heterocycles. The van der Waals surface area contributed by atoms with Crippen molar-refractivity contribution in [1.29, 1.82) is 5.26 Å². The average molecular weight is 415 g/mol. The molecule has 4 N–H and O–H groups in total. The standard InChI is InChI=1S/C23H21N5O3/c1-13-4-3-5-16(10-13)26-19(29)12-30-17-8-6-15(7-9-17)21-18(11-24)22(25)31-23-20(21)14(2)27-28-23/h3-10,21H,12,25H2,1-2H3,(H,26,29)(H,27,28). The molecule has 0 bridgehead atoms. The van der Waals surface area contributed by atoms with Crippen molar-refractivity contribution in [2.75, 3.05) is 11.9 Å². The van der Waals surface area contributed by atoms with E-state index in [0.29, 0.717) is 17.2 Å². The Bertz CT molecular complexity index is 1200. The van der Waals surface area contributed by atoms with Gasteiger partial charge in [0.05, 0.1) is 5.92 Å². The summed E-state index contributed by atoms with van der Waals surface area (Å²) in [6, 6.07) is 16.9. The van der Waals surface area contributed by atoms with Crippen molar-refractivity contribution >= 4 is 11.6 Å². The number of hydrogen-bond acceptors (Lipinski definition) is 6. The summed E-state index contributed by atoms with van der Waals surface area (Å²) in [6.45, 7) is 3.70. The lowest BCUT2D eigenvalue weighted by Gasteiger charge is -2.23. The van der Waals surface area contributed by atoms with Crippen LogP contribution in [0.5, 0.6) is 11.6 Å². The lowest BCUT2D eigenvalue weighted by Crippen LogP contribution is -2.21. The molecule has 31 heavy (non-hydrogen) atoms. The number of anilines is 1. The Hall–Kier alpha value is -4.25. The van der Waals surface area contributed by atoms with Gasteiger partial charge in [0.1, 0.15) is 17.4 Å². The molecule has 0 spiro atoms. The van der Waals surface area contributed by atoms with Crippen LogP contribution < -0.4 is 20.5 Å². The second-order valence-corrected chi connectivity index (χ2v) is 7.27. The van der Waals surface area contributed by atoms with E-state index in [0.717, 1.165) is 28.1 Å². The number of aryl methyl sites for hydroxylation is 2. The van der Waals surface area contributed by atoms with Crippen molar-refractivity contribution in [3.8, 4) is 17.7 Å². The number of nitrogens with zero attached hydrogens (tertiary/aromatic N) is 2. The maximum absolute atomic E-state index is 12.2. The normalized spacial score (nSPS) is 14.9. The molecule has 2 aromatic carbocycles. The number of benzene rings is 2. The maximum atomic E-state index is 12.2. The first-order valence-electron chi connectivity index (χ1n) is 9.68. The molecule has 0 saturated heterocycles. The van der Waals surface area contributed by atoms with Gasteiger partial charge in [0.25, 0.3) is 5.91 Å². The third kappa shape index (κ3) is 4.07. The number of carbonyl (C=O) groups is 1. The number of rotatable bonds is 5. The van der Waals surface area contributed by atoms with E-state index in [9.17, 15) is 10.1 Å². The lowest BCUT2D eigenvalue weighted by molar-refractivity contribution is -0.118. The van der Waals surface area contributed by atoms with E-state index in [1.807, 2.05) is 50.2 Å². The van der Waals surface area contributed by atoms with Gasteiger partial charge < -0.3 is 20.5 Å². The summed E-state index contributed by atoms with van der Waals surface area (Å²) >= 11 is 0. The van der Waals surface area contributed by atoms with Gasteiger partial charge in [0.2, 0.25) is 11.8 Å². The second kappa shape index (κ2) is 8.24. The van der Waals surface area contributed by atoms with Crippen molar-refractivity contribution in [3.63, 3.8) is 0 Å². The molecule has 8 heteroatoms. The number of nitrogens with one attached hydrogen (secondary N) is 2. The number of aromatic nitrogens is 2. The van der Waals surface area contributed by atoms with Crippen molar-refractivity contribution < 1.29 is 14.3 Å². The van der Waals surface area contributed by atoms with Gasteiger partial charge >= 0.3 is 0 Å². The number of ether oxygens (including phenoxy) is 2. The minimum atomic E-state index is -0.397. The Morgan fingerprint density at radius 1 is 1.29 bits per heavy atom. The summed E-state index contributed by atoms with van der Waals surface area (Å²) in [4.78, 5) is 12.2. The number of nitrogens with two attached hydrogens (primary N) is 1. The van der Waals surface area contributed by atoms with Crippen LogP contribution in [-0.4, -0.2) is 22.7 Å². The van der Waals surface area contributed by atoms with Crippen molar-refractivity contribution in [1.82, 2.24) is 10.2 Å². The summed E-state index contributed by atoms with van der Waals surface area (Å²) in [5.41, 5.74) is 10.5. The third-order valence-corrected chi connectivity index (χ3v) is 5.01. The number of allylic oxidation sites excluding steroid dienone is 1. The molecule has 0 fully saturated rings. The van der Waals surface area contributed by atoms with E-state index in [-0.39, 0.29) is 18.4 Å². The Morgan fingerprint density at radius 3 is 2.77 bits per heavy atom. The van der Waals surface area contributed by atoms with E-state index in [1.54, 1.807) is 12.1 Å². The molecule has 3 aromatic rings. The summed E-state index contributed by atoms with van der Waals surface area (Å²) in [5.74, 6) is 0.299. The highest BCUT2D eigenvalue weighted by Gasteiger charge is 2.34. The van der Waals surface area contributed by atoms with Crippen LogP contribution in [0.3, 0.4) is 0 Å². The van der Waals surface area contributed by atoms with E-state index >= 15 is 0 Å². The topological polar surface area (TPSA) is 126 Å². The van der Waals surface area contributed by atoms with Gasteiger partial charge in [-0.2, -0.15) is 5.26 Å². The first-order valence-corrected chi connectivity index (χ1v) is 9.68. The van der Waals surface area contributed by atoms with Crippen LogP contribution in [0.25, 0.3) is 0 Å². The van der Waals surface area contributed by atoms with Gasteiger partial charge in [-0.25, -0.2) is 0 Å². The summed E-state index contributed by atoms with van der Waals surface area (Å²) in [6.07, 6.45) is 0. The quantitative estimate of drug-likeness (QED) is 0.587. The molecule has 2 heterocycles. The van der Waals surface area contributed by atoms with Crippen LogP contribution in [0.2, 0.25) is 0 Å². The number of fused-ring (bicyclic) bond motifs is 1. The molecule has 0 radical (unpaired) electrons. The van der Waals surface area contributed by atoms with Gasteiger partial charge in [-0.3, -0.25) is 9.89 Å².